The maximum atomic E-state index is 14.1. The van der Waals surface area contributed by atoms with Gasteiger partial charge in [-0.2, -0.15) is 0 Å². The number of hydrogen-bond donors (Lipinski definition) is 1. The van der Waals surface area contributed by atoms with Gasteiger partial charge in [0.2, 0.25) is 0 Å². The Bertz CT molecular complexity index is 927. The van der Waals surface area contributed by atoms with Crippen LogP contribution in [-0.2, 0) is 21.9 Å². The van der Waals surface area contributed by atoms with Crippen LogP contribution < -0.4 is 4.74 Å². The molecule has 4 nitrogen and oxygen atoms in total. The first-order valence-corrected chi connectivity index (χ1v) is 9.95. The molecule has 1 aliphatic heterocycles. The standard InChI is InChI=1S/C24H26F2O4/c1-16-3-5-17(6-4-16)21-15-29-12-11-19(21)14-30-20-9-7-18(8-10-23(27)28)22(13-20)24(2,25)26/h3-7,9,13H,8,10-12,14-15H2,1-2H3,(H,27,28). The Morgan fingerprint density at radius 3 is 2.60 bits per heavy atom. The van der Waals surface area contributed by atoms with E-state index in [-0.39, 0.29) is 25.0 Å². The molecule has 0 bridgehead atoms. The van der Waals surface area contributed by atoms with Crippen molar-refractivity contribution >= 4 is 11.5 Å². The van der Waals surface area contributed by atoms with Crippen LogP contribution in [0.5, 0.6) is 5.75 Å². The second-order valence-electron chi connectivity index (χ2n) is 7.64. The van der Waals surface area contributed by atoms with Crippen LogP contribution in [0.4, 0.5) is 8.78 Å². The maximum absolute atomic E-state index is 14.1. The highest BCUT2D eigenvalue weighted by Gasteiger charge is 2.28. The van der Waals surface area contributed by atoms with Gasteiger partial charge in [-0.05, 0) is 54.2 Å². The molecular formula is C24H26F2O4. The molecule has 160 valence electrons. The van der Waals surface area contributed by atoms with Gasteiger partial charge in [0.1, 0.15) is 12.4 Å². The normalized spacial score (nSPS) is 14.7. The fraction of sp³-hybridized carbons (Fsp3) is 0.375. The van der Waals surface area contributed by atoms with Gasteiger partial charge in [-0.1, -0.05) is 35.9 Å². The Morgan fingerprint density at radius 2 is 1.93 bits per heavy atom. The van der Waals surface area contributed by atoms with E-state index < -0.39 is 11.9 Å². The molecule has 1 aliphatic rings. The second kappa shape index (κ2) is 9.39. The minimum absolute atomic E-state index is 0.0500. The van der Waals surface area contributed by atoms with Crippen molar-refractivity contribution < 1.29 is 28.2 Å². The minimum Gasteiger partial charge on any atom is -0.489 e. The third-order valence-corrected chi connectivity index (χ3v) is 5.20. The Balaban J connectivity index is 1.81. The molecule has 3 rings (SSSR count). The van der Waals surface area contributed by atoms with Gasteiger partial charge < -0.3 is 14.6 Å². The average molecular weight is 416 g/mol. The zero-order valence-corrected chi connectivity index (χ0v) is 17.2. The highest BCUT2D eigenvalue weighted by molar-refractivity contribution is 5.70. The van der Waals surface area contributed by atoms with E-state index in [1.54, 1.807) is 6.07 Å². The van der Waals surface area contributed by atoms with Crippen LogP contribution in [0.1, 0.15) is 42.0 Å². The molecular weight excluding hydrogens is 390 g/mol. The molecule has 1 heterocycles. The zero-order valence-electron chi connectivity index (χ0n) is 17.2. The fourth-order valence-electron chi connectivity index (χ4n) is 3.51. The van der Waals surface area contributed by atoms with Crippen LogP contribution in [0.2, 0.25) is 0 Å². The third-order valence-electron chi connectivity index (χ3n) is 5.20. The quantitative estimate of drug-likeness (QED) is 0.628. The molecule has 0 aromatic heterocycles. The van der Waals surface area contributed by atoms with Crippen molar-refractivity contribution in [2.24, 2.45) is 0 Å². The Morgan fingerprint density at radius 1 is 1.20 bits per heavy atom. The molecule has 0 saturated heterocycles. The Kier molecular flexibility index (Phi) is 6.87. The molecule has 2 aromatic carbocycles. The summed E-state index contributed by atoms with van der Waals surface area (Å²) in [4.78, 5) is 10.8. The lowest BCUT2D eigenvalue weighted by Crippen LogP contribution is -2.16. The lowest BCUT2D eigenvalue weighted by molar-refractivity contribution is -0.137. The summed E-state index contributed by atoms with van der Waals surface area (Å²) < 4.78 is 39.7. The maximum Gasteiger partial charge on any atom is 0.303 e. The van der Waals surface area contributed by atoms with Crippen molar-refractivity contribution in [3.8, 4) is 5.75 Å². The summed E-state index contributed by atoms with van der Waals surface area (Å²) in [6.45, 7) is 4.22. The zero-order chi connectivity index (χ0) is 21.7. The number of carboxylic acid groups (broad SMARTS) is 1. The number of rotatable bonds is 8. The number of halogens is 2. The summed E-state index contributed by atoms with van der Waals surface area (Å²) in [5.41, 5.74) is 4.53. The predicted molar refractivity (Wildman–Crippen MR) is 111 cm³/mol. The predicted octanol–water partition coefficient (Wildman–Crippen LogP) is 5.38. The minimum atomic E-state index is -3.09. The summed E-state index contributed by atoms with van der Waals surface area (Å²) in [5, 5.41) is 8.86. The summed E-state index contributed by atoms with van der Waals surface area (Å²) in [6.07, 6.45) is 0.571. The van der Waals surface area contributed by atoms with Crippen LogP contribution in [-0.4, -0.2) is 30.9 Å². The van der Waals surface area contributed by atoms with Crippen molar-refractivity contribution in [1.29, 1.82) is 0 Å². The van der Waals surface area contributed by atoms with E-state index in [0.717, 1.165) is 30.1 Å². The topological polar surface area (TPSA) is 55.8 Å². The summed E-state index contributed by atoms with van der Waals surface area (Å²) in [6, 6.07) is 12.7. The lowest BCUT2D eigenvalue weighted by atomic mass is 9.96. The molecule has 0 spiro atoms. The number of ether oxygens (including phenoxy) is 2. The first-order chi connectivity index (χ1) is 14.2. The van der Waals surface area contributed by atoms with Crippen molar-refractivity contribution in [1.82, 2.24) is 0 Å². The van der Waals surface area contributed by atoms with Crippen LogP contribution in [0.25, 0.3) is 5.57 Å². The third kappa shape index (κ3) is 5.66. The van der Waals surface area contributed by atoms with Crippen LogP contribution >= 0.6 is 0 Å². The van der Waals surface area contributed by atoms with E-state index in [0.29, 0.717) is 24.5 Å². The van der Waals surface area contributed by atoms with Gasteiger partial charge in [-0.3, -0.25) is 4.79 Å². The van der Waals surface area contributed by atoms with Crippen molar-refractivity contribution in [2.75, 3.05) is 19.8 Å². The first kappa shape index (κ1) is 22.0. The SMILES string of the molecule is Cc1ccc(C2=C(COc3ccc(CCC(=O)O)c(C(C)(F)F)c3)CCOC2)cc1. The number of benzene rings is 2. The van der Waals surface area contributed by atoms with Crippen LogP contribution in [0.15, 0.2) is 48.0 Å². The number of alkyl halides is 2. The molecule has 0 radical (unpaired) electrons. The molecule has 30 heavy (non-hydrogen) atoms. The van der Waals surface area contributed by atoms with E-state index in [9.17, 15) is 13.6 Å². The van der Waals surface area contributed by atoms with Gasteiger partial charge >= 0.3 is 5.97 Å². The summed E-state index contributed by atoms with van der Waals surface area (Å²) in [5.74, 6) is -3.76. The van der Waals surface area contributed by atoms with Crippen molar-refractivity contribution in [3.05, 3.63) is 70.3 Å². The molecule has 0 amide bonds. The lowest BCUT2D eigenvalue weighted by Gasteiger charge is -2.22. The van der Waals surface area contributed by atoms with Gasteiger partial charge in [0.05, 0.1) is 13.2 Å². The number of aliphatic carboxylic acids is 1. The summed E-state index contributed by atoms with van der Waals surface area (Å²) >= 11 is 0. The fourth-order valence-corrected chi connectivity index (χ4v) is 3.51. The van der Waals surface area contributed by atoms with E-state index in [4.69, 9.17) is 14.6 Å². The van der Waals surface area contributed by atoms with Gasteiger partial charge in [-0.15, -0.1) is 0 Å². The molecule has 2 aromatic rings. The highest BCUT2D eigenvalue weighted by atomic mass is 19.3. The summed E-state index contributed by atoms with van der Waals surface area (Å²) in [7, 11) is 0. The number of hydrogen-bond acceptors (Lipinski definition) is 3. The Labute approximate surface area is 175 Å². The molecule has 0 unspecified atom stereocenters. The van der Waals surface area contributed by atoms with E-state index in [2.05, 4.69) is 0 Å². The van der Waals surface area contributed by atoms with Crippen LogP contribution in [0, 0.1) is 6.92 Å². The molecule has 0 fully saturated rings. The molecule has 0 saturated carbocycles. The average Bonchev–Trinajstić information content (AvgIpc) is 2.71. The van der Waals surface area contributed by atoms with E-state index in [1.807, 2.05) is 31.2 Å². The van der Waals surface area contributed by atoms with Gasteiger partial charge in [0.15, 0.2) is 0 Å². The molecule has 6 heteroatoms. The van der Waals surface area contributed by atoms with Gasteiger partial charge in [0.25, 0.3) is 5.92 Å². The van der Waals surface area contributed by atoms with E-state index in [1.165, 1.54) is 17.7 Å². The Hall–Kier alpha value is -2.73. The first-order valence-electron chi connectivity index (χ1n) is 9.95. The number of carbonyl (C=O) groups is 1. The molecule has 1 N–H and O–H groups in total. The van der Waals surface area contributed by atoms with Crippen molar-refractivity contribution in [3.63, 3.8) is 0 Å². The van der Waals surface area contributed by atoms with Crippen LogP contribution in [0.3, 0.4) is 0 Å². The van der Waals surface area contributed by atoms with Gasteiger partial charge in [-0.25, -0.2) is 8.78 Å². The number of carboxylic acids is 1. The monoisotopic (exact) mass is 416 g/mol. The smallest absolute Gasteiger partial charge is 0.303 e. The highest BCUT2D eigenvalue weighted by Crippen LogP contribution is 2.34. The molecule has 0 atom stereocenters. The molecule has 0 aliphatic carbocycles. The van der Waals surface area contributed by atoms with E-state index >= 15 is 0 Å². The van der Waals surface area contributed by atoms with Crippen molar-refractivity contribution in [2.45, 2.75) is 39.0 Å². The largest absolute Gasteiger partial charge is 0.489 e. The van der Waals surface area contributed by atoms with Gasteiger partial charge in [0, 0.05) is 18.9 Å². The number of aryl methyl sites for hydroxylation is 2. The second-order valence-corrected chi connectivity index (χ2v) is 7.64.